The van der Waals surface area contributed by atoms with Crippen LogP contribution in [-0.4, -0.2) is 30.2 Å². The molecule has 0 aliphatic carbocycles. The molecule has 3 aromatic heterocycles. The zero-order valence-electron chi connectivity index (χ0n) is 17.0. The van der Waals surface area contributed by atoms with E-state index >= 15 is 0 Å². The molecule has 4 rings (SSSR count). The summed E-state index contributed by atoms with van der Waals surface area (Å²) in [5.41, 5.74) is 3.49. The minimum atomic E-state index is -0.897. The molecule has 0 spiro atoms. The molecule has 0 amide bonds. The summed E-state index contributed by atoms with van der Waals surface area (Å²) in [6, 6.07) is 5.45. The topological polar surface area (TPSA) is 81.7 Å². The standard InChI is InChI=1S/C22H20F2N4O3/c1-13-8-19(31-12-16-17(23)4-3-5-18(16)24)22-26-14(2)21(28(22)10-13)15-9-25-27(11-15)7-6-20(29)30/h3-5,8-11H,6-7,12H2,1-2H3,(H,29,30). The first-order valence-electron chi connectivity index (χ1n) is 9.63. The predicted octanol–water partition coefficient (Wildman–Crippen LogP) is 4.15. The SMILES string of the molecule is Cc1cc(OCc2c(F)cccc2F)c2nc(C)c(-c3cnn(CCC(=O)O)c3)n2c1. The summed E-state index contributed by atoms with van der Waals surface area (Å²) in [5.74, 6) is -1.84. The van der Waals surface area contributed by atoms with Crippen molar-refractivity contribution in [2.75, 3.05) is 0 Å². The van der Waals surface area contributed by atoms with Gasteiger partial charge in [0.05, 0.1) is 36.1 Å². The second kappa shape index (κ2) is 8.17. The van der Waals surface area contributed by atoms with Crippen LogP contribution < -0.4 is 4.74 Å². The van der Waals surface area contributed by atoms with Crippen LogP contribution in [0.2, 0.25) is 0 Å². The van der Waals surface area contributed by atoms with Crippen molar-refractivity contribution < 1.29 is 23.4 Å². The second-order valence-electron chi connectivity index (χ2n) is 7.25. The molecule has 0 fully saturated rings. The fraction of sp³-hybridized carbons (Fsp3) is 0.227. The van der Waals surface area contributed by atoms with Crippen LogP contribution in [-0.2, 0) is 17.9 Å². The third kappa shape index (κ3) is 4.11. The summed E-state index contributed by atoms with van der Waals surface area (Å²) in [7, 11) is 0. The van der Waals surface area contributed by atoms with Gasteiger partial charge in [0, 0.05) is 18.0 Å². The molecule has 0 saturated heterocycles. The molecule has 9 heteroatoms. The number of ether oxygens (including phenoxy) is 1. The van der Waals surface area contributed by atoms with E-state index in [0.29, 0.717) is 17.1 Å². The van der Waals surface area contributed by atoms with Gasteiger partial charge in [-0.15, -0.1) is 0 Å². The molecule has 0 atom stereocenters. The largest absolute Gasteiger partial charge is 0.485 e. The Balaban J connectivity index is 1.69. The Morgan fingerprint density at radius 2 is 1.94 bits per heavy atom. The number of aryl methyl sites for hydroxylation is 3. The lowest BCUT2D eigenvalue weighted by molar-refractivity contribution is -0.137. The third-order valence-corrected chi connectivity index (χ3v) is 4.89. The lowest BCUT2D eigenvalue weighted by Gasteiger charge is -2.11. The minimum absolute atomic E-state index is 0.0308. The van der Waals surface area contributed by atoms with E-state index < -0.39 is 17.6 Å². The number of pyridine rings is 1. The molecule has 0 unspecified atom stereocenters. The number of fused-ring (bicyclic) bond motifs is 1. The van der Waals surface area contributed by atoms with Crippen molar-refractivity contribution in [2.24, 2.45) is 0 Å². The number of carbonyl (C=O) groups is 1. The quantitative estimate of drug-likeness (QED) is 0.480. The monoisotopic (exact) mass is 426 g/mol. The maximum Gasteiger partial charge on any atom is 0.305 e. The Hall–Kier alpha value is -3.75. The maximum atomic E-state index is 14.0. The molecule has 0 saturated carbocycles. The van der Waals surface area contributed by atoms with Crippen molar-refractivity contribution in [3.63, 3.8) is 0 Å². The molecule has 3 heterocycles. The Bertz CT molecular complexity index is 1260. The van der Waals surface area contributed by atoms with E-state index in [1.165, 1.54) is 18.2 Å². The van der Waals surface area contributed by atoms with E-state index in [9.17, 15) is 13.6 Å². The average molecular weight is 426 g/mol. The number of benzene rings is 1. The predicted molar refractivity (Wildman–Crippen MR) is 109 cm³/mol. The molecule has 0 aliphatic heterocycles. The number of hydrogen-bond acceptors (Lipinski definition) is 4. The molecule has 1 aromatic carbocycles. The van der Waals surface area contributed by atoms with Crippen LogP contribution >= 0.6 is 0 Å². The van der Waals surface area contributed by atoms with E-state index in [1.807, 2.05) is 24.4 Å². The highest BCUT2D eigenvalue weighted by atomic mass is 19.1. The number of carboxylic acids is 1. The van der Waals surface area contributed by atoms with Crippen molar-refractivity contribution in [1.82, 2.24) is 19.2 Å². The summed E-state index contributed by atoms with van der Waals surface area (Å²) in [6.45, 7) is 3.70. The van der Waals surface area contributed by atoms with Gasteiger partial charge in [-0.2, -0.15) is 5.10 Å². The summed E-state index contributed by atoms with van der Waals surface area (Å²) >= 11 is 0. The molecule has 4 aromatic rings. The summed E-state index contributed by atoms with van der Waals surface area (Å²) < 4.78 is 37.1. The van der Waals surface area contributed by atoms with Gasteiger partial charge in [-0.05, 0) is 37.6 Å². The lowest BCUT2D eigenvalue weighted by Crippen LogP contribution is -2.04. The van der Waals surface area contributed by atoms with Crippen LogP contribution in [0.1, 0.15) is 23.2 Å². The third-order valence-electron chi connectivity index (χ3n) is 4.89. The van der Waals surface area contributed by atoms with E-state index in [0.717, 1.165) is 16.8 Å². The lowest BCUT2D eigenvalue weighted by atomic mass is 10.2. The van der Waals surface area contributed by atoms with Gasteiger partial charge in [0.1, 0.15) is 18.2 Å². The normalized spacial score (nSPS) is 11.2. The van der Waals surface area contributed by atoms with Crippen molar-refractivity contribution in [3.05, 3.63) is 71.3 Å². The molecule has 7 nitrogen and oxygen atoms in total. The van der Waals surface area contributed by atoms with Crippen LogP contribution in [0.4, 0.5) is 8.78 Å². The molecule has 0 bridgehead atoms. The Labute approximate surface area is 176 Å². The van der Waals surface area contributed by atoms with Gasteiger partial charge in [-0.1, -0.05) is 6.07 Å². The van der Waals surface area contributed by atoms with Crippen LogP contribution in [0, 0.1) is 25.5 Å². The zero-order valence-corrected chi connectivity index (χ0v) is 17.0. The fourth-order valence-electron chi connectivity index (χ4n) is 3.45. The number of rotatable bonds is 7. The molecular formula is C22H20F2N4O3. The number of nitrogens with zero attached hydrogens (tertiary/aromatic N) is 4. The van der Waals surface area contributed by atoms with Gasteiger partial charge in [-0.3, -0.25) is 13.9 Å². The van der Waals surface area contributed by atoms with Gasteiger partial charge in [0.25, 0.3) is 0 Å². The van der Waals surface area contributed by atoms with E-state index in [1.54, 1.807) is 23.1 Å². The maximum absolute atomic E-state index is 14.0. The van der Waals surface area contributed by atoms with Crippen LogP contribution in [0.5, 0.6) is 5.75 Å². The minimum Gasteiger partial charge on any atom is -0.485 e. The van der Waals surface area contributed by atoms with E-state index in [2.05, 4.69) is 10.1 Å². The first kappa shape index (κ1) is 20.5. The molecule has 0 radical (unpaired) electrons. The zero-order chi connectivity index (χ0) is 22.1. The average Bonchev–Trinajstić information content (AvgIpc) is 3.29. The van der Waals surface area contributed by atoms with Gasteiger partial charge < -0.3 is 9.84 Å². The number of aliphatic carboxylic acids is 1. The Morgan fingerprint density at radius 1 is 1.19 bits per heavy atom. The fourth-order valence-corrected chi connectivity index (χ4v) is 3.45. The summed E-state index contributed by atoms with van der Waals surface area (Å²) in [6.07, 6.45) is 5.26. The van der Waals surface area contributed by atoms with Crippen LogP contribution in [0.3, 0.4) is 0 Å². The van der Waals surface area contributed by atoms with Crippen molar-refractivity contribution in [1.29, 1.82) is 0 Å². The van der Waals surface area contributed by atoms with Gasteiger partial charge in [-0.25, -0.2) is 13.8 Å². The van der Waals surface area contributed by atoms with Crippen molar-refractivity contribution >= 4 is 11.6 Å². The van der Waals surface area contributed by atoms with Crippen LogP contribution in [0.25, 0.3) is 16.9 Å². The molecule has 1 N–H and O–H groups in total. The highest BCUT2D eigenvalue weighted by molar-refractivity contribution is 5.70. The van der Waals surface area contributed by atoms with Gasteiger partial charge in [0.15, 0.2) is 11.4 Å². The number of carboxylic acid groups (broad SMARTS) is 1. The summed E-state index contributed by atoms with van der Waals surface area (Å²) in [4.78, 5) is 15.4. The summed E-state index contributed by atoms with van der Waals surface area (Å²) in [5, 5.41) is 13.1. The van der Waals surface area contributed by atoms with Crippen molar-refractivity contribution in [2.45, 2.75) is 33.4 Å². The number of imidazole rings is 1. The number of aromatic nitrogens is 4. The smallest absolute Gasteiger partial charge is 0.305 e. The first-order valence-corrected chi connectivity index (χ1v) is 9.63. The van der Waals surface area contributed by atoms with E-state index in [-0.39, 0.29) is 25.1 Å². The highest BCUT2D eigenvalue weighted by Gasteiger charge is 2.18. The van der Waals surface area contributed by atoms with E-state index in [4.69, 9.17) is 9.84 Å². The molecule has 31 heavy (non-hydrogen) atoms. The molecule has 0 aliphatic rings. The number of halogens is 2. The number of hydrogen-bond donors (Lipinski definition) is 1. The Kier molecular flexibility index (Phi) is 5.41. The molecular weight excluding hydrogens is 406 g/mol. The second-order valence-corrected chi connectivity index (χ2v) is 7.25. The van der Waals surface area contributed by atoms with Gasteiger partial charge in [0.2, 0.25) is 0 Å². The molecule has 160 valence electrons. The Morgan fingerprint density at radius 3 is 2.65 bits per heavy atom. The van der Waals surface area contributed by atoms with Crippen molar-refractivity contribution in [3.8, 4) is 17.0 Å². The first-order chi connectivity index (χ1) is 14.8. The highest BCUT2D eigenvalue weighted by Crippen LogP contribution is 2.30. The van der Waals surface area contributed by atoms with Gasteiger partial charge >= 0.3 is 5.97 Å². The van der Waals surface area contributed by atoms with Crippen LogP contribution in [0.15, 0.2) is 42.9 Å².